The first kappa shape index (κ1) is 15.1. The molecule has 1 aromatic heterocycles. The van der Waals surface area contributed by atoms with Crippen molar-refractivity contribution in [1.29, 1.82) is 0 Å². The number of nitrogens with zero attached hydrogens (tertiary/aromatic N) is 2. The smallest absolute Gasteiger partial charge is 0.242 e. The number of rotatable bonds is 5. The summed E-state index contributed by atoms with van der Waals surface area (Å²) in [7, 11) is 3.39. The molecule has 2 rings (SSSR count). The van der Waals surface area contributed by atoms with Crippen LogP contribution in [-0.4, -0.2) is 22.8 Å². The lowest BCUT2D eigenvalue weighted by atomic mass is 10.1. The van der Waals surface area contributed by atoms with E-state index in [1.54, 1.807) is 31.2 Å². The van der Waals surface area contributed by atoms with Gasteiger partial charge >= 0.3 is 0 Å². The van der Waals surface area contributed by atoms with Gasteiger partial charge in [0.1, 0.15) is 11.8 Å². The van der Waals surface area contributed by atoms with Crippen LogP contribution in [0.15, 0.2) is 36.7 Å². The van der Waals surface area contributed by atoms with Gasteiger partial charge < -0.3 is 15.8 Å². The molecule has 3 N–H and O–H groups in total. The van der Waals surface area contributed by atoms with Crippen LogP contribution in [0, 0.1) is 0 Å². The van der Waals surface area contributed by atoms with Gasteiger partial charge in [-0.1, -0.05) is 18.2 Å². The number of hydrogen-bond acceptors (Lipinski definition) is 4. The summed E-state index contributed by atoms with van der Waals surface area (Å²) in [4.78, 5) is 12.2. The van der Waals surface area contributed by atoms with Crippen molar-refractivity contribution in [2.75, 3.05) is 7.11 Å². The molecule has 1 heterocycles. The number of para-hydroxylation sites is 1. The highest BCUT2D eigenvalue weighted by molar-refractivity contribution is 5.83. The second kappa shape index (κ2) is 6.41. The minimum Gasteiger partial charge on any atom is -0.496 e. The Kier molecular flexibility index (Phi) is 4.59. The molecule has 0 aliphatic carbocycles. The van der Waals surface area contributed by atoms with Crippen LogP contribution in [0.5, 0.6) is 5.75 Å². The van der Waals surface area contributed by atoms with E-state index in [-0.39, 0.29) is 11.9 Å². The van der Waals surface area contributed by atoms with Crippen molar-refractivity contribution in [3.05, 3.63) is 47.8 Å². The Morgan fingerprint density at radius 3 is 2.76 bits per heavy atom. The number of methoxy groups -OCH3 is 1. The third-order valence-electron chi connectivity index (χ3n) is 3.33. The van der Waals surface area contributed by atoms with E-state index in [0.717, 1.165) is 11.3 Å². The van der Waals surface area contributed by atoms with Crippen LogP contribution in [-0.2, 0) is 11.8 Å². The second-order valence-electron chi connectivity index (χ2n) is 4.90. The highest BCUT2D eigenvalue weighted by Gasteiger charge is 2.20. The van der Waals surface area contributed by atoms with E-state index in [9.17, 15) is 4.79 Å². The Bertz CT molecular complexity index is 624. The van der Waals surface area contributed by atoms with E-state index in [1.807, 2.05) is 31.2 Å². The van der Waals surface area contributed by atoms with Gasteiger partial charge in [-0.25, -0.2) is 0 Å². The molecule has 6 nitrogen and oxygen atoms in total. The number of carbonyl (C=O) groups is 1. The van der Waals surface area contributed by atoms with Crippen molar-refractivity contribution in [1.82, 2.24) is 15.1 Å². The number of nitrogens with one attached hydrogen (secondary N) is 1. The summed E-state index contributed by atoms with van der Waals surface area (Å²) in [5.41, 5.74) is 7.54. The first-order valence-corrected chi connectivity index (χ1v) is 6.70. The fourth-order valence-electron chi connectivity index (χ4n) is 2.16. The summed E-state index contributed by atoms with van der Waals surface area (Å²) in [5.74, 6) is 0.488. The second-order valence-corrected chi connectivity index (χ2v) is 4.90. The van der Waals surface area contributed by atoms with Gasteiger partial charge in [0.25, 0.3) is 0 Å². The molecule has 0 bridgehead atoms. The van der Waals surface area contributed by atoms with Crippen molar-refractivity contribution in [2.24, 2.45) is 12.8 Å². The average molecular weight is 288 g/mol. The third kappa shape index (κ3) is 3.41. The maximum Gasteiger partial charge on any atom is 0.242 e. The first-order chi connectivity index (χ1) is 10.0. The van der Waals surface area contributed by atoms with E-state index >= 15 is 0 Å². The van der Waals surface area contributed by atoms with Gasteiger partial charge in [-0.05, 0) is 13.0 Å². The van der Waals surface area contributed by atoms with Crippen molar-refractivity contribution in [3.8, 4) is 5.75 Å². The number of aryl methyl sites for hydroxylation is 1. The van der Waals surface area contributed by atoms with E-state index in [4.69, 9.17) is 10.5 Å². The largest absolute Gasteiger partial charge is 0.496 e. The van der Waals surface area contributed by atoms with Crippen LogP contribution in [0.4, 0.5) is 0 Å². The lowest BCUT2D eigenvalue weighted by Gasteiger charge is -2.19. The monoisotopic (exact) mass is 288 g/mol. The lowest BCUT2D eigenvalue weighted by molar-refractivity contribution is -0.123. The van der Waals surface area contributed by atoms with E-state index in [0.29, 0.717) is 5.56 Å². The van der Waals surface area contributed by atoms with Gasteiger partial charge in [-0.3, -0.25) is 9.48 Å². The van der Waals surface area contributed by atoms with Gasteiger partial charge in [0, 0.05) is 24.4 Å². The van der Waals surface area contributed by atoms with Gasteiger partial charge in [0.15, 0.2) is 0 Å². The average Bonchev–Trinajstić information content (AvgIpc) is 2.92. The Morgan fingerprint density at radius 2 is 2.14 bits per heavy atom. The molecule has 0 spiro atoms. The number of hydrogen-bond donors (Lipinski definition) is 2. The highest BCUT2D eigenvalue weighted by atomic mass is 16.5. The summed E-state index contributed by atoms with van der Waals surface area (Å²) in [6, 6.07) is 6.63. The summed E-state index contributed by atoms with van der Waals surface area (Å²) in [6.07, 6.45) is 3.33. The highest BCUT2D eigenvalue weighted by Crippen LogP contribution is 2.24. The number of benzene rings is 1. The summed E-state index contributed by atoms with van der Waals surface area (Å²) in [5, 5.41) is 6.92. The molecule has 0 saturated heterocycles. The molecule has 0 aliphatic heterocycles. The van der Waals surface area contributed by atoms with Crippen LogP contribution in [0.1, 0.15) is 30.1 Å². The fraction of sp³-hybridized carbons (Fsp3) is 0.333. The van der Waals surface area contributed by atoms with Gasteiger partial charge in [-0.2, -0.15) is 5.10 Å². The normalized spacial score (nSPS) is 13.5. The maximum absolute atomic E-state index is 12.2. The van der Waals surface area contributed by atoms with Crippen LogP contribution in [0.3, 0.4) is 0 Å². The zero-order valence-corrected chi connectivity index (χ0v) is 12.4. The molecule has 0 radical (unpaired) electrons. The SMILES string of the molecule is COc1ccccc1C(C)NC(=O)C(N)c1cnn(C)c1. The lowest BCUT2D eigenvalue weighted by Crippen LogP contribution is -2.35. The third-order valence-corrected chi connectivity index (χ3v) is 3.33. The minimum absolute atomic E-state index is 0.198. The summed E-state index contributed by atoms with van der Waals surface area (Å²) < 4.78 is 6.92. The number of nitrogens with two attached hydrogens (primary N) is 1. The van der Waals surface area contributed by atoms with Crippen molar-refractivity contribution in [3.63, 3.8) is 0 Å². The van der Waals surface area contributed by atoms with Crippen LogP contribution in [0.2, 0.25) is 0 Å². The summed E-state index contributed by atoms with van der Waals surface area (Å²) >= 11 is 0. The fourth-order valence-corrected chi connectivity index (χ4v) is 2.16. The molecule has 0 saturated carbocycles. The first-order valence-electron chi connectivity index (χ1n) is 6.70. The Hall–Kier alpha value is -2.34. The summed E-state index contributed by atoms with van der Waals surface area (Å²) in [6.45, 7) is 1.89. The quantitative estimate of drug-likeness (QED) is 0.869. The van der Waals surface area contributed by atoms with Gasteiger partial charge in [0.05, 0.1) is 19.3 Å². The van der Waals surface area contributed by atoms with Gasteiger partial charge in [-0.15, -0.1) is 0 Å². The zero-order chi connectivity index (χ0) is 15.4. The Balaban J connectivity index is 2.08. The molecular weight excluding hydrogens is 268 g/mol. The van der Waals surface area contributed by atoms with Gasteiger partial charge in [0.2, 0.25) is 5.91 Å². The molecule has 2 atom stereocenters. The molecule has 0 aliphatic rings. The van der Waals surface area contributed by atoms with Crippen molar-refractivity contribution < 1.29 is 9.53 Å². The standard InChI is InChI=1S/C15H20N4O2/c1-10(12-6-4-5-7-13(12)21-3)18-15(20)14(16)11-8-17-19(2)9-11/h4-10,14H,16H2,1-3H3,(H,18,20). The van der Waals surface area contributed by atoms with Crippen molar-refractivity contribution >= 4 is 5.91 Å². The number of carbonyl (C=O) groups excluding carboxylic acids is 1. The molecule has 0 fully saturated rings. The molecule has 1 amide bonds. The number of amides is 1. The minimum atomic E-state index is -0.740. The number of aromatic nitrogens is 2. The van der Waals surface area contributed by atoms with Crippen LogP contribution >= 0.6 is 0 Å². The molecule has 112 valence electrons. The van der Waals surface area contributed by atoms with Crippen molar-refractivity contribution in [2.45, 2.75) is 19.0 Å². The topological polar surface area (TPSA) is 82.2 Å². The molecule has 6 heteroatoms. The maximum atomic E-state index is 12.2. The number of ether oxygens (including phenoxy) is 1. The Morgan fingerprint density at radius 1 is 1.43 bits per heavy atom. The van der Waals surface area contributed by atoms with E-state index in [1.165, 1.54) is 0 Å². The molecule has 1 aromatic carbocycles. The Labute approximate surface area is 123 Å². The molecule has 2 aromatic rings. The zero-order valence-electron chi connectivity index (χ0n) is 12.4. The van der Waals surface area contributed by atoms with Crippen LogP contribution < -0.4 is 15.8 Å². The molecule has 2 unspecified atom stereocenters. The molecule has 21 heavy (non-hydrogen) atoms. The van der Waals surface area contributed by atoms with E-state index < -0.39 is 6.04 Å². The predicted octanol–water partition coefficient (Wildman–Crippen LogP) is 1.31. The van der Waals surface area contributed by atoms with E-state index in [2.05, 4.69) is 10.4 Å². The predicted molar refractivity (Wildman–Crippen MR) is 79.7 cm³/mol. The molecular formula is C15H20N4O2. The van der Waals surface area contributed by atoms with Crippen LogP contribution in [0.25, 0.3) is 0 Å².